The molecule has 0 aliphatic heterocycles. The van der Waals surface area contributed by atoms with E-state index in [1.165, 1.54) is 0 Å². The number of rotatable bonds is 10. The van der Waals surface area contributed by atoms with E-state index >= 15 is 0 Å². The molecule has 3 aromatic carbocycles. The topological polar surface area (TPSA) is 95.7 Å². The van der Waals surface area contributed by atoms with Gasteiger partial charge in [-0.15, -0.1) is 0 Å². The molecule has 0 heterocycles. The molecular formula is C25H22ClNO6. The maximum Gasteiger partial charge on any atom is 0.321 e. The number of esters is 2. The van der Waals surface area contributed by atoms with Gasteiger partial charge in [0, 0.05) is 9.95 Å². The molecule has 7 nitrogen and oxygen atoms in total. The molecule has 0 N–H and O–H groups in total. The van der Waals surface area contributed by atoms with Crippen molar-refractivity contribution >= 4 is 23.5 Å². The van der Waals surface area contributed by atoms with Crippen LogP contribution >= 0.6 is 11.6 Å². The summed E-state index contributed by atoms with van der Waals surface area (Å²) in [6.07, 6.45) is 0. The van der Waals surface area contributed by atoms with Gasteiger partial charge in [0.05, 0.1) is 5.92 Å². The molecule has 0 aliphatic carbocycles. The molecule has 8 heteroatoms. The SMILES string of the molecule is O=C(OCc1ccccc1)C(C(=O)OCc1ccccc1)[C@H](C[N+](=O)[O-])c1ccccc1Cl. The average Bonchev–Trinajstić information content (AvgIpc) is 2.82. The molecule has 3 rings (SSSR count). The fourth-order valence-electron chi connectivity index (χ4n) is 3.38. The number of benzene rings is 3. The van der Waals surface area contributed by atoms with E-state index in [1.54, 1.807) is 72.8 Å². The number of carbonyl (C=O) groups excluding carboxylic acids is 2. The van der Waals surface area contributed by atoms with Gasteiger partial charge in [-0.05, 0) is 22.8 Å². The maximum atomic E-state index is 13.1. The Morgan fingerprint density at radius 3 is 1.70 bits per heavy atom. The number of halogens is 1. The lowest BCUT2D eigenvalue weighted by Crippen LogP contribution is -2.36. The zero-order chi connectivity index (χ0) is 23.6. The van der Waals surface area contributed by atoms with Gasteiger partial charge in [-0.25, -0.2) is 0 Å². The largest absolute Gasteiger partial charge is 0.460 e. The second-order valence-corrected chi connectivity index (χ2v) is 7.71. The van der Waals surface area contributed by atoms with Crippen molar-refractivity contribution in [1.82, 2.24) is 0 Å². The Balaban J connectivity index is 1.88. The highest BCUT2D eigenvalue weighted by Crippen LogP contribution is 2.33. The van der Waals surface area contributed by atoms with Crippen LogP contribution in [0.4, 0.5) is 0 Å². The summed E-state index contributed by atoms with van der Waals surface area (Å²) in [5.74, 6) is -4.56. The monoisotopic (exact) mass is 467 g/mol. The van der Waals surface area contributed by atoms with Crippen LogP contribution in [0.25, 0.3) is 0 Å². The molecular weight excluding hydrogens is 446 g/mol. The van der Waals surface area contributed by atoms with E-state index < -0.39 is 35.2 Å². The minimum Gasteiger partial charge on any atom is -0.460 e. The highest BCUT2D eigenvalue weighted by Gasteiger charge is 2.42. The summed E-state index contributed by atoms with van der Waals surface area (Å²) in [5.41, 5.74) is 1.73. The van der Waals surface area contributed by atoms with E-state index in [1.807, 2.05) is 12.1 Å². The normalized spacial score (nSPS) is 11.6. The summed E-state index contributed by atoms with van der Waals surface area (Å²) < 4.78 is 10.8. The van der Waals surface area contributed by atoms with Crippen LogP contribution in [-0.2, 0) is 32.3 Å². The molecule has 0 fully saturated rings. The lowest BCUT2D eigenvalue weighted by Gasteiger charge is -2.23. The Kier molecular flexibility index (Phi) is 8.55. The van der Waals surface area contributed by atoms with Crippen LogP contribution < -0.4 is 0 Å². The number of hydrogen-bond donors (Lipinski definition) is 0. The van der Waals surface area contributed by atoms with Gasteiger partial charge in [-0.3, -0.25) is 19.7 Å². The standard InChI is InChI=1S/C25H22ClNO6/c26-22-14-8-7-13-20(22)21(15-27(30)31)23(24(28)32-16-18-9-3-1-4-10-18)25(29)33-17-19-11-5-2-6-12-19/h1-14,21,23H,15-17H2/t21-/m1/s1. The number of nitro groups is 1. The van der Waals surface area contributed by atoms with Crippen LogP contribution in [0.3, 0.4) is 0 Å². The van der Waals surface area contributed by atoms with Crippen LogP contribution in [0.15, 0.2) is 84.9 Å². The van der Waals surface area contributed by atoms with Crippen molar-refractivity contribution < 1.29 is 24.0 Å². The minimum absolute atomic E-state index is 0.0875. The molecule has 0 unspecified atom stereocenters. The van der Waals surface area contributed by atoms with E-state index in [0.29, 0.717) is 16.7 Å². The second-order valence-electron chi connectivity index (χ2n) is 7.31. The fourth-order valence-corrected chi connectivity index (χ4v) is 3.66. The highest BCUT2D eigenvalue weighted by atomic mass is 35.5. The zero-order valence-corrected chi connectivity index (χ0v) is 18.4. The Morgan fingerprint density at radius 2 is 1.24 bits per heavy atom. The molecule has 3 aromatic rings. The molecule has 0 radical (unpaired) electrons. The van der Waals surface area contributed by atoms with Gasteiger partial charge < -0.3 is 9.47 Å². The molecule has 170 valence electrons. The molecule has 0 saturated heterocycles. The Morgan fingerprint density at radius 1 is 0.788 bits per heavy atom. The van der Waals surface area contributed by atoms with Crippen molar-refractivity contribution in [2.45, 2.75) is 19.1 Å². The van der Waals surface area contributed by atoms with E-state index in [2.05, 4.69) is 0 Å². The zero-order valence-electron chi connectivity index (χ0n) is 17.6. The molecule has 0 saturated carbocycles. The van der Waals surface area contributed by atoms with Crippen LogP contribution in [-0.4, -0.2) is 23.4 Å². The quantitative estimate of drug-likeness (QED) is 0.184. The minimum atomic E-state index is -1.57. The molecule has 0 aliphatic rings. The highest BCUT2D eigenvalue weighted by molar-refractivity contribution is 6.31. The summed E-state index contributed by atoms with van der Waals surface area (Å²) in [5, 5.41) is 11.7. The lowest BCUT2D eigenvalue weighted by atomic mass is 9.85. The molecule has 33 heavy (non-hydrogen) atoms. The first-order valence-corrected chi connectivity index (χ1v) is 10.6. The predicted octanol–water partition coefficient (Wildman–Crippen LogP) is 4.80. The van der Waals surface area contributed by atoms with E-state index in [9.17, 15) is 19.7 Å². The van der Waals surface area contributed by atoms with Gasteiger partial charge in [0.1, 0.15) is 13.2 Å². The van der Waals surface area contributed by atoms with Crippen molar-refractivity contribution in [3.63, 3.8) is 0 Å². The Hall–Kier alpha value is -3.71. The van der Waals surface area contributed by atoms with Gasteiger partial charge in [0.2, 0.25) is 6.54 Å². The number of hydrogen-bond acceptors (Lipinski definition) is 6. The predicted molar refractivity (Wildman–Crippen MR) is 122 cm³/mol. The second kappa shape index (κ2) is 11.8. The van der Waals surface area contributed by atoms with E-state index in [-0.39, 0.29) is 18.2 Å². The fraction of sp³-hybridized carbons (Fsp3) is 0.200. The summed E-state index contributed by atoms with van der Waals surface area (Å²) >= 11 is 6.27. The van der Waals surface area contributed by atoms with E-state index in [4.69, 9.17) is 21.1 Å². The van der Waals surface area contributed by atoms with Crippen LogP contribution in [0.1, 0.15) is 22.6 Å². The van der Waals surface area contributed by atoms with Crippen molar-refractivity contribution in [3.05, 3.63) is 117 Å². The van der Waals surface area contributed by atoms with Gasteiger partial charge in [-0.2, -0.15) is 0 Å². The first-order valence-electron chi connectivity index (χ1n) is 10.2. The van der Waals surface area contributed by atoms with Crippen LogP contribution in [0.5, 0.6) is 0 Å². The van der Waals surface area contributed by atoms with E-state index in [0.717, 1.165) is 0 Å². The molecule has 0 bridgehead atoms. The van der Waals surface area contributed by atoms with Gasteiger partial charge in [-0.1, -0.05) is 90.5 Å². The number of ether oxygens (including phenoxy) is 2. The first-order chi connectivity index (χ1) is 16.0. The van der Waals surface area contributed by atoms with Gasteiger partial charge in [0.25, 0.3) is 0 Å². The summed E-state index contributed by atoms with van der Waals surface area (Å²) in [4.78, 5) is 37.0. The van der Waals surface area contributed by atoms with Crippen molar-refractivity contribution in [3.8, 4) is 0 Å². The molecule has 0 aromatic heterocycles. The number of carbonyl (C=O) groups is 2. The smallest absolute Gasteiger partial charge is 0.321 e. The number of nitrogens with zero attached hydrogens (tertiary/aromatic N) is 1. The van der Waals surface area contributed by atoms with Crippen molar-refractivity contribution in [1.29, 1.82) is 0 Å². The lowest BCUT2D eigenvalue weighted by molar-refractivity contribution is -0.484. The summed E-state index contributed by atoms with van der Waals surface area (Å²) in [6.45, 7) is -0.874. The maximum absolute atomic E-state index is 13.1. The van der Waals surface area contributed by atoms with Crippen LogP contribution in [0, 0.1) is 16.0 Å². The van der Waals surface area contributed by atoms with Gasteiger partial charge in [0.15, 0.2) is 5.92 Å². The first kappa shape index (κ1) is 23.9. The van der Waals surface area contributed by atoms with Gasteiger partial charge >= 0.3 is 11.9 Å². The molecule has 0 spiro atoms. The average molecular weight is 468 g/mol. The third-order valence-electron chi connectivity index (χ3n) is 5.01. The Labute approximate surface area is 196 Å². The third kappa shape index (κ3) is 6.89. The van der Waals surface area contributed by atoms with Crippen LogP contribution in [0.2, 0.25) is 5.02 Å². The summed E-state index contributed by atoms with van der Waals surface area (Å²) in [7, 11) is 0. The Bertz CT molecular complexity index is 1030. The molecule has 1 atom stereocenters. The molecule has 0 amide bonds. The van der Waals surface area contributed by atoms with Crippen molar-refractivity contribution in [2.24, 2.45) is 5.92 Å². The summed E-state index contributed by atoms with van der Waals surface area (Å²) in [6, 6.07) is 24.2. The third-order valence-corrected chi connectivity index (χ3v) is 5.35. The van der Waals surface area contributed by atoms with Crippen molar-refractivity contribution in [2.75, 3.05) is 6.54 Å².